The van der Waals surface area contributed by atoms with E-state index in [1.165, 1.54) is 5.56 Å². The van der Waals surface area contributed by atoms with Crippen LogP contribution in [0.15, 0.2) is 30.3 Å². The lowest BCUT2D eigenvalue weighted by Crippen LogP contribution is -2.48. The fourth-order valence-corrected chi connectivity index (χ4v) is 2.72. The molecule has 1 aliphatic heterocycles. The fourth-order valence-electron chi connectivity index (χ4n) is 2.72. The summed E-state index contributed by atoms with van der Waals surface area (Å²) in [5, 5.41) is 2.73. The van der Waals surface area contributed by atoms with Gasteiger partial charge in [-0.3, -0.25) is 14.6 Å². The van der Waals surface area contributed by atoms with Crippen LogP contribution in [0.1, 0.15) is 12.5 Å². The zero-order chi connectivity index (χ0) is 15.8. The number of morpholine rings is 1. The maximum atomic E-state index is 11.8. The van der Waals surface area contributed by atoms with Crippen LogP contribution >= 0.6 is 0 Å². The second kappa shape index (κ2) is 8.88. The number of likely N-dealkylation sites (N-methyl/N-ethyl adjacent to an activating group) is 1. The normalized spacial score (nSPS) is 17.4. The molecule has 5 heteroatoms. The molecule has 22 heavy (non-hydrogen) atoms. The Hall–Kier alpha value is -1.43. The zero-order valence-electron chi connectivity index (χ0n) is 13.6. The zero-order valence-corrected chi connectivity index (χ0v) is 13.6. The Morgan fingerprint density at radius 2 is 2.00 bits per heavy atom. The van der Waals surface area contributed by atoms with Gasteiger partial charge in [-0.1, -0.05) is 30.3 Å². The van der Waals surface area contributed by atoms with Crippen LogP contribution in [0.2, 0.25) is 0 Å². The second-order valence-electron chi connectivity index (χ2n) is 5.83. The number of amides is 1. The minimum Gasteiger partial charge on any atom is -0.379 e. The first-order valence-electron chi connectivity index (χ1n) is 7.97. The van der Waals surface area contributed by atoms with Gasteiger partial charge in [0, 0.05) is 39.3 Å². The van der Waals surface area contributed by atoms with E-state index >= 15 is 0 Å². The highest BCUT2D eigenvalue weighted by molar-refractivity contribution is 5.77. The predicted molar refractivity (Wildman–Crippen MR) is 87.6 cm³/mol. The smallest absolute Gasteiger partial charge is 0.233 e. The third kappa shape index (κ3) is 5.40. The van der Waals surface area contributed by atoms with Gasteiger partial charge in [-0.15, -0.1) is 0 Å². The first kappa shape index (κ1) is 16.9. The number of hydrogen-bond donors (Lipinski definition) is 1. The topological polar surface area (TPSA) is 44.8 Å². The van der Waals surface area contributed by atoms with E-state index in [-0.39, 0.29) is 5.91 Å². The van der Waals surface area contributed by atoms with E-state index in [9.17, 15) is 4.79 Å². The molecule has 0 saturated carbocycles. The van der Waals surface area contributed by atoms with Crippen molar-refractivity contribution in [1.82, 2.24) is 15.1 Å². The molecule has 1 aromatic carbocycles. The van der Waals surface area contributed by atoms with Gasteiger partial charge in [0.2, 0.25) is 5.91 Å². The van der Waals surface area contributed by atoms with Crippen molar-refractivity contribution < 1.29 is 9.53 Å². The van der Waals surface area contributed by atoms with Crippen molar-refractivity contribution in [3.63, 3.8) is 0 Å². The van der Waals surface area contributed by atoms with Crippen LogP contribution in [0, 0.1) is 0 Å². The molecule has 5 nitrogen and oxygen atoms in total. The van der Waals surface area contributed by atoms with Crippen molar-refractivity contribution >= 4 is 5.91 Å². The van der Waals surface area contributed by atoms with Gasteiger partial charge in [-0.05, 0) is 12.5 Å². The number of nitrogens with zero attached hydrogens (tertiary/aromatic N) is 2. The van der Waals surface area contributed by atoms with E-state index in [2.05, 4.69) is 34.2 Å². The number of ether oxygens (including phenoxy) is 1. The van der Waals surface area contributed by atoms with Crippen LogP contribution in [0.25, 0.3) is 0 Å². The molecule has 1 heterocycles. The van der Waals surface area contributed by atoms with Crippen LogP contribution in [-0.4, -0.2) is 68.2 Å². The molecule has 1 amide bonds. The summed E-state index contributed by atoms with van der Waals surface area (Å²) in [5.41, 5.74) is 1.24. The summed E-state index contributed by atoms with van der Waals surface area (Å²) in [6, 6.07) is 10.6. The van der Waals surface area contributed by atoms with Crippen molar-refractivity contribution in [2.24, 2.45) is 0 Å². The summed E-state index contributed by atoms with van der Waals surface area (Å²) in [4.78, 5) is 16.5. The quantitative estimate of drug-likeness (QED) is 0.815. The molecule has 1 fully saturated rings. The molecule has 0 aromatic heterocycles. The Kier molecular flexibility index (Phi) is 6.83. The Balaban J connectivity index is 1.97. The van der Waals surface area contributed by atoms with Gasteiger partial charge < -0.3 is 10.1 Å². The minimum atomic E-state index is 0.0600. The first-order valence-corrected chi connectivity index (χ1v) is 7.97. The fraction of sp³-hybridized carbons (Fsp3) is 0.588. The summed E-state index contributed by atoms with van der Waals surface area (Å²) >= 11 is 0. The molecular formula is C17H27N3O2. The maximum Gasteiger partial charge on any atom is 0.233 e. The molecule has 0 aliphatic carbocycles. The predicted octanol–water partition coefficient (Wildman–Crippen LogP) is 0.955. The molecule has 1 aliphatic rings. The Bertz CT molecular complexity index is 446. The van der Waals surface area contributed by atoms with Crippen molar-refractivity contribution in [2.75, 3.05) is 46.4 Å². The van der Waals surface area contributed by atoms with Gasteiger partial charge in [0.15, 0.2) is 0 Å². The molecule has 1 unspecified atom stereocenters. The van der Waals surface area contributed by atoms with Crippen LogP contribution in [-0.2, 0) is 16.1 Å². The van der Waals surface area contributed by atoms with Crippen molar-refractivity contribution in [1.29, 1.82) is 0 Å². The van der Waals surface area contributed by atoms with E-state index in [4.69, 9.17) is 4.74 Å². The lowest BCUT2D eigenvalue weighted by Gasteiger charge is -2.34. The largest absolute Gasteiger partial charge is 0.379 e. The third-order valence-corrected chi connectivity index (χ3v) is 4.10. The lowest BCUT2D eigenvalue weighted by atomic mass is 10.1. The molecule has 1 N–H and O–H groups in total. The second-order valence-corrected chi connectivity index (χ2v) is 5.83. The number of hydrogen-bond acceptors (Lipinski definition) is 4. The van der Waals surface area contributed by atoms with Gasteiger partial charge >= 0.3 is 0 Å². The van der Waals surface area contributed by atoms with Crippen molar-refractivity contribution in [3.05, 3.63) is 35.9 Å². The molecule has 0 bridgehead atoms. The van der Waals surface area contributed by atoms with E-state index in [0.717, 1.165) is 39.4 Å². The average molecular weight is 305 g/mol. The molecule has 2 rings (SSSR count). The molecule has 1 atom stereocenters. The van der Waals surface area contributed by atoms with E-state index < -0.39 is 0 Å². The standard InChI is InChI=1S/C17H27N3O2/c1-15(12-19-8-10-22-11-9-19)20(14-17(21)18-2)13-16-6-4-3-5-7-16/h3-7,15H,8-14H2,1-2H3,(H,18,21). The summed E-state index contributed by atoms with van der Waals surface area (Å²) in [6.07, 6.45) is 0. The minimum absolute atomic E-state index is 0.0600. The molecule has 0 spiro atoms. The van der Waals surface area contributed by atoms with Gasteiger partial charge in [0.05, 0.1) is 19.8 Å². The van der Waals surface area contributed by atoms with Gasteiger partial charge in [0.25, 0.3) is 0 Å². The highest BCUT2D eigenvalue weighted by atomic mass is 16.5. The Morgan fingerprint density at radius 1 is 1.32 bits per heavy atom. The SMILES string of the molecule is CNC(=O)CN(Cc1ccccc1)C(C)CN1CCOCC1. The molecule has 122 valence electrons. The number of benzene rings is 1. The molecular weight excluding hydrogens is 278 g/mol. The van der Waals surface area contributed by atoms with Crippen LogP contribution in [0.4, 0.5) is 0 Å². The number of rotatable bonds is 7. The van der Waals surface area contributed by atoms with Crippen molar-refractivity contribution in [2.45, 2.75) is 19.5 Å². The summed E-state index contributed by atoms with van der Waals surface area (Å²) < 4.78 is 5.40. The maximum absolute atomic E-state index is 11.8. The summed E-state index contributed by atoms with van der Waals surface area (Å²) in [5.74, 6) is 0.0600. The third-order valence-electron chi connectivity index (χ3n) is 4.10. The van der Waals surface area contributed by atoms with Gasteiger partial charge in [0.1, 0.15) is 0 Å². The van der Waals surface area contributed by atoms with Crippen LogP contribution < -0.4 is 5.32 Å². The number of carbonyl (C=O) groups excluding carboxylic acids is 1. The molecule has 1 saturated heterocycles. The first-order chi connectivity index (χ1) is 10.7. The van der Waals surface area contributed by atoms with Crippen molar-refractivity contribution in [3.8, 4) is 0 Å². The van der Waals surface area contributed by atoms with E-state index in [0.29, 0.717) is 12.6 Å². The molecule has 1 aromatic rings. The van der Waals surface area contributed by atoms with Gasteiger partial charge in [-0.25, -0.2) is 0 Å². The average Bonchev–Trinajstić information content (AvgIpc) is 2.56. The Morgan fingerprint density at radius 3 is 2.64 bits per heavy atom. The van der Waals surface area contributed by atoms with Gasteiger partial charge in [-0.2, -0.15) is 0 Å². The monoisotopic (exact) mass is 305 g/mol. The highest BCUT2D eigenvalue weighted by Crippen LogP contribution is 2.10. The lowest BCUT2D eigenvalue weighted by molar-refractivity contribution is -0.122. The highest BCUT2D eigenvalue weighted by Gasteiger charge is 2.21. The van der Waals surface area contributed by atoms with E-state index in [1.807, 2.05) is 18.2 Å². The summed E-state index contributed by atoms with van der Waals surface area (Å²) in [6.45, 7) is 7.94. The van der Waals surface area contributed by atoms with Crippen LogP contribution in [0.3, 0.4) is 0 Å². The number of nitrogens with one attached hydrogen (secondary N) is 1. The Labute approximate surface area is 133 Å². The number of carbonyl (C=O) groups is 1. The summed E-state index contributed by atoms with van der Waals surface area (Å²) in [7, 11) is 1.69. The van der Waals surface area contributed by atoms with E-state index in [1.54, 1.807) is 7.05 Å². The molecule has 0 radical (unpaired) electrons. The van der Waals surface area contributed by atoms with Crippen LogP contribution in [0.5, 0.6) is 0 Å².